The summed E-state index contributed by atoms with van der Waals surface area (Å²) < 4.78 is 8.23. The summed E-state index contributed by atoms with van der Waals surface area (Å²) >= 11 is 0. The molecule has 0 spiro atoms. The van der Waals surface area contributed by atoms with Crippen LogP contribution in [0.15, 0.2) is 79.0 Å². The molecular formula is C28H20N3O2Pt-. The summed E-state index contributed by atoms with van der Waals surface area (Å²) in [5.74, 6) is 1.95. The van der Waals surface area contributed by atoms with Crippen LogP contribution in [0.25, 0.3) is 38.5 Å². The van der Waals surface area contributed by atoms with E-state index in [1.807, 2.05) is 74.5 Å². The SMILES string of the molecule is Cc1ccc2c(C)cc(Oc3[c-]c4c(cc3)c3ccccc3n4-c3ccccn3)nc2c1O.[Pt]. The molecule has 0 saturated heterocycles. The van der Waals surface area contributed by atoms with Crippen molar-refractivity contribution in [2.75, 3.05) is 0 Å². The van der Waals surface area contributed by atoms with Gasteiger partial charge < -0.3 is 14.4 Å². The first-order chi connectivity index (χ1) is 16.1. The third-order valence-electron chi connectivity index (χ3n) is 5.99. The number of phenols is 1. The first-order valence-corrected chi connectivity index (χ1v) is 10.7. The fourth-order valence-corrected chi connectivity index (χ4v) is 4.34. The van der Waals surface area contributed by atoms with Crippen molar-refractivity contribution in [3.05, 3.63) is 96.2 Å². The van der Waals surface area contributed by atoms with Gasteiger partial charge >= 0.3 is 0 Å². The summed E-state index contributed by atoms with van der Waals surface area (Å²) in [5.41, 5.74) is 4.23. The molecule has 5 nitrogen and oxygen atoms in total. The average Bonchev–Trinajstić information content (AvgIpc) is 3.16. The molecular weight excluding hydrogens is 605 g/mol. The van der Waals surface area contributed by atoms with Gasteiger partial charge in [-0.15, -0.1) is 17.5 Å². The predicted molar refractivity (Wildman–Crippen MR) is 130 cm³/mol. The molecule has 0 aliphatic heterocycles. The van der Waals surface area contributed by atoms with Crippen molar-refractivity contribution in [1.82, 2.24) is 14.5 Å². The van der Waals surface area contributed by atoms with Crippen LogP contribution in [0.2, 0.25) is 0 Å². The molecule has 3 aromatic heterocycles. The Kier molecular flexibility index (Phi) is 5.58. The largest absolute Gasteiger partial charge is 0.505 e. The van der Waals surface area contributed by atoms with Crippen molar-refractivity contribution in [1.29, 1.82) is 0 Å². The molecule has 0 fully saturated rings. The summed E-state index contributed by atoms with van der Waals surface area (Å²) in [6, 6.07) is 27.2. The molecule has 6 heteroatoms. The quantitative estimate of drug-likeness (QED) is 0.224. The maximum absolute atomic E-state index is 10.5. The molecule has 1 N–H and O–H groups in total. The van der Waals surface area contributed by atoms with Crippen molar-refractivity contribution in [3.8, 4) is 23.2 Å². The molecule has 0 unspecified atom stereocenters. The molecule has 34 heavy (non-hydrogen) atoms. The van der Waals surface area contributed by atoms with E-state index < -0.39 is 0 Å². The number of aromatic hydroxyl groups is 1. The smallest absolute Gasteiger partial charge is 0.217 e. The number of para-hydroxylation sites is 1. The molecule has 0 amide bonds. The van der Waals surface area contributed by atoms with Crippen LogP contribution >= 0.6 is 0 Å². The molecule has 6 rings (SSSR count). The van der Waals surface area contributed by atoms with E-state index in [9.17, 15) is 5.11 Å². The van der Waals surface area contributed by atoms with Gasteiger partial charge in [0.2, 0.25) is 5.88 Å². The van der Waals surface area contributed by atoms with E-state index in [-0.39, 0.29) is 26.8 Å². The summed E-state index contributed by atoms with van der Waals surface area (Å²) in [6.07, 6.45) is 1.78. The number of phenolic OH excluding ortho intramolecular Hbond substituents is 1. The monoisotopic (exact) mass is 625 g/mol. The number of pyridine rings is 2. The normalized spacial score (nSPS) is 11.1. The molecule has 170 valence electrons. The van der Waals surface area contributed by atoms with Gasteiger partial charge in [-0.25, -0.2) is 9.97 Å². The number of aryl methyl sites for hydroxylation is 2. The Hall–Kier alpha value is -3.69. The Morgan fingerprint density at radius 1 is 0.853 bits per heavy atom. The molecule has 0 saturated carbocycles. The zero-order chi connectivity index (χ0) is 22.5. The van der Waals surface area contributed by atoms with Crippen LogP contribution in [0.5, 0.6) is 17.4 Å². The van der Waals surface area contributed by atoms with Gasteiger partial charge in [-0.1, -0.05) is 41.9 Å². The third-order valence-corrected chi connectivity index (χ3v) is 5.99. The number of ether oxygens (including phenoxy) is 1. The Balaban J connectivity index is 0.00000241. The standard InChI is InChI=1S/C28H20N3O2.Pt/c1-17-10-12-20-18(2)15-26(30-27(20)28(17)32)33-19-11-13-22-21-7-3-4-8-23(21)31(24(22)16-19)25-9-5-6-14-29-25;/h3-15,32H,1-2H3;/q-1;. The van der Waals surface area contributed by atoms with Gasteiger partial charge in [-0.05, 0) is 48.6 Å². The van der Waals surface area contributed by atoms with E-state index in [4.69, 9.17) is 4.74 Å². The van der Waals surface area contributed by atoms with Crippen molar-refractivity contribution in [2.45, 2.75) is 13.8 Å². The average molecular weight is 626 g/mol. The van der Waals surface area contributed by atoms with Gasteiger partial charge in [-0.2, -0.15) is 6.07 Å². The minimum atomic E-state index is 0. The Morgan fingerprint density at radius 3 is 2.47 bits per heavy atom. The first-order valence-electron chi connectivity index (χ1n) is 10.7. The van der Waals surface area contributed by atoms with Crippen LogP contribution in [0.1, 0.15) is 11.1 Å². The van der Waals surface area contributed by atoms with E-state index in [0.717, 1.165) is 44.1 Å². The zero-order valence-electron chi connectivity index (χ0n) is 18.5. The van der Waals surface area contributed by atoms with E-state index in [0.29, 0.717) is 17.1 Å². The van der Waals surface area contributed by atoms with Crippen LogP contribution in [0, 0.1) is 19.9 Å². The van der Waals surface area contributed by atoms with Crippen LogP contribution < -0.4 is 4.74 Å². The molecule has 0 bridgehead atoms. The first kappa shape index (κ1) is 22.1. The number of aromatic nitrogens is 3. The Bertz CT molecular complexity index is 1680. The van der Waals surface area contributed by atoms with Crippen molar-refractivity contribution < 1.29 is 30.9 Å². The predicted octanol–water partition coefficient (Wildman–Crippen LogP) is 6.64. The van der Waals surface area contributed by atoms with Crippen LogP contribution in [-0.2, 0) is 21.1 Å². The zero-order valence-corrected chi connectivity index (χ0v) is 20.8. The van der Waals surface area contributed by atoms with Crippen molar-refractivity contribution in [2.24, 2.45) is 0 Å². The van der Waals surface area contributed by atoms with Gasteiger partial charge in [-0.3, -0.25) is 0 Å². The molecule has 0 atom stereocenters. The van der Waals surface area contributed by atoms with Gasteiger partial charge in [0.25, 0.3) is 0 Å². The number of nitrogens with zero attached hydrogens (tertiary/aromatic N) is 3. The Morgan fingerprint density at radius 2 is 1.65 bits per heavy atom. The van der Waals surface area contributed by atoms with Crippen LogP contribution in [-0.4, -0.2) is 19.6 Å². The molecule has 3 heterocycles. The van der Waals surface area contributed by atoms with Gasteiger partial charge in [0.15, 0.2) is 0 Å². The maximum atomic E-state index is 10.5. The minimum Gasteiger partial charge on any atom is -0.505 e. The fraction of sp³-hybridized carbons (Fsp3) is 0.0714. The van der Waals surface area contributed by atoms with Gasteiger partial charge in [0, 0.05) is 50.0 Å². The number of benzene rings is 3. The Labute approximate surface area is 210 Å². The number of fused-ring (bicyclic) bond motifs is 4. The van der Waals surface area contributed by atoms with E-state index in [1.54, 1.807) is 6.20 Å². The van der Waals surface area contributed by atoms with Crippen LogP contribution in [0.3, 0.4) is 0 Å². The third kappa shape index (κ3) is 3.53. The van der Waals surface area contributed by atoms with Crippen molar-refractivity contribution in [3.63, 3.8) is 0 Å². The number of rotatable bonds is 3. The molecule has 0 aliphatic rings. The number of hydrogen-bond donors (Lipinski definition) is 1. The second kappa shape index (κ2) is 8.58. The van der Waals surface area contributed by atoms with E-state index in [1.165, 1.54) is 0 Å². The summed E-state index contributed by atoms with van der Waals surface area (Å²) in [5, 5.41) is 13.6. The minimum absolute atomic E-state index is 0. The second-order valence-corrected chi connectivity index (χ2v) is 8.13. The summed E-state index contributed by atoms with van der Waals surface area (Å²) in [4.78, 5) is 9.14. The number of hydrogen-bond acceptors (Lipinski definition) is 4. The molecule has 0 aliphatic carbocycles. The van der Waals surface area contributed by atoms with Crippen molar-refractivity contribution >= 4 is 32.7 Å². The summed E-state index contributed by atoms with van der Waals surface area (Å²) in [7, 11) is 0. The van der Waals surface area contributed by atoms with Gasteiger partial charge in [0.05, 0.1) is 0 Å². The fourth-order valence-electron chi connectivity index (χ4n) is 4.34. The second-order valence-electron chi connectivity index (χ2n) is 8.13. The van der Waals surface area contributed by atoms with Gasteiger partial charge in [0.1, 0.15) is 17.1 Å². The summed E-state index contributed by atoms with van der Waals surface area (Å²) in [6.45, 7) is 3.84. The van der Waals surface area contributed by atoms with E-state index in [2.05, 4.69) is 32.7 Å². The van der Waals surface area contributed by atoms with E-state index >= 15 is 0 Å². The molecule has 6 aromatic rings. The van der Waals surface area contributed by atoms with Crippen LogP contribution in [0.4, 0.5) is 0 Å². The maximum Gasteiger partial charge on any atom is 0.217 e. The molecule has 0 radical (unpaired) electrons. The molecule has 3 aromatic carbocycles. The topological polar surface area (TPSA) is 60.2 Å².